The second-order valence-electron chi connectivity index (χ2n) is 3.41. The number of hydrogen-bond acceptors (Lipinski definition) is 4. The van der Waals surface area contributed by atoms with Gasteiger partial charge in [-0.05, 0) is 28.1 Å². The minimum absolute atomic E-state index is 0.0582. The number of nitrogens with one attached hydrogen (secondary N) is 1. The summed E-state index contributed by atoms with van der Waals surface area (Å²) in [5, 5.41) is 13.7. The van der Waals surface area contributed by atoms with Crippen molar-refractivity contribution < 1.29 is 9.34 Å². The van der Waals surface area contributed by atoms with Crippen molar-refractivity contribution in [3.8, 4) is 0 Å². The van der Waals surface area contributed by atoms with Crippen LogP contribution in [-0.4, -0.2) is 4.92 Å². The summed E-state index contributed by atoms with van der Waals surface area (Å²) in [6.07, 6.45) is 3.21. The van der Waals surface area contributed by atoms with Crippen LogP contribution in [0.4, 0.5) is 11.4 Å². The molecule has 6 heteroatoms. The molecule has 88 valence electrons. The van der Waals surface area contributed by atoms with Gasteiger partial charge in [0.1, 0.15) is 0 Å². The maximum absolute atomic E-state index is 10.6. The predicted molar refractivity (Wildman–Crippen MR) is 66.8 cm³/mol. The third-order valence-electron chi connectivity index (χ3n) is 2.22. The Bertz CT molecular complexity index is 526. The summed E-state index contributed by atoms with van der Waals surface area (Å²) < 4.78 is 5.72. The second kappa shape index (κ2) is 5.01. The maximum atomic E-state index is 10.6. The Kier molecular flexibility index (Phi) is 3.43. The van der Waals surface area contributed by atoms with Crippen molar-refractivity contribution in [1.82, 2.24) is 0 Å². The Hall–Kier alpha value is -1.82. The molecule has 0 fully saturated rings. The number of benzene rings is 1. The summed E-state index contributed by atoms with van der Waals surface area (Å²) in [6.45, 7) is 0.552. The van der Waals surface area contributed by atoms with Crippen LogP contribution in [0.5, 0.6) is 0 Å². The molecule has 5 nitrogen and oxygen atoms in total. The number of nitrogens with zero attached hydrogens (tertiary/aromatic N) is 1. The van der Waals surface area contributed by atoms with Gasteiger partial charge in [-0.15, -0.1) is 0 Å². The lowest BCUT2D eigenvalue weighted by Crippen LogP contribution is -1.99. The molecule has 0 aliphatic heterocycles. The number of halogens is 1. The van der Waals surface area contributed by atoms with Crippen LogP contribution < -0.4 is 5.32 Å². The summed E-state index contributed by atoms with van der Waals surface area (Å²) in [6, 6.07) is 6.42. The molecule has 1 aromatic carbocycles. The van der Waals surface area contributed by atoms with E-state index in [1.165, 1.54) is 12.1 Å². The van der Waals surface area contributed by atoms with Crippen molar-refractivity contribution in [3.63, 3.8) is 0 Å². The molecule has 0 unspecified atom stereocenters. The molecule has 1 N–H and O–H groups in total. The molecule has 0 spiro atoms. The minimum Gasteiger partial charge on any atom is -0.472 e. The van der Waals surface area contributed by atoms with Crippen molar-refractivity contribution in [2.75, 3.05) is 5.32 Å². The summed E-state index contributed by atoms with van der Waals surface area (Å²) in [7, 11) is 0. The third kappa shape index (κ3) is 2.85. The molecule has 2 aromatic rings. The lowest BCUT2D eigenvalue weighted by Gasteiger charge is -2.06. The van der Waals surface area contributed by atoms with Crippen LogP contribution in [0.3, 0.4) is 0 Å². The SMILES string of the molecule is O=[N+]([O-])c1ccc(Br)c(NCc2ccoc2)c1. The average molecular weight is 297 g/mol. The van der Waals surface area contributed by atoms with Gasteiger partial charge in [0.2, 0.25) is 0 Å². The standard InChI is InChI=1S/C11H9BrN2O3/c12-10-2-1-9(14(15)16)5-11(10)13-6-8-3-4-17-7-8/h1-5,7,13H,6H2. The van der Waals surface area contributed by atoms with E-state index in [2.05, 4.69) is 21.2 Å². The molecule has 0 saturated carbocycles. The molecule has 1 aromatic heterocycles. The summed E-state index contributed by atoms with van der Waals surface area (Å²) in [5.74, 6) is 0. The molecule has 0 aliphatic carbocycles. The van der Waals surface area contributed by atoms with E-state index in [1.807, 2.05) is 6.07 Å². The third-order valence-corrected chi connectivity index (χ3v) is 2.92. The molecule has 0 amide bonds. The van der Waals surface area contributed by atoms with Crippen molar-refractivity contribution in [2.24, 2.45) is 0 Å². The second-order valence-corrected chi connectivity index (χ2v) is 4.26. The van der Waals surface area contributed by atoms with Crippen LogP contribution in [-0.2, 0) is 6.54 Å². The van der Waals surface area contributed by atoms with Crippen LogP contribution in [0.25, 0.3) is 0 Å². The van der Waals surface area contributed by atoms with Gasteiger partial charge < -0.3 is 9.73 Å². The van der Waals surface area contributed by atoms with Crippen LogP contribution in [0.1, 0.15) is 5.56 Å². The topological polar surface area (TPSA) is 68.3 Å². The van der Waals surface area contributed by atoms with E-state index in [-0.39, 0.29) is 5.69 Å². The Balaban J connectivity index is 2.14. The quantitative estimate of drug-likeness (QED) is 0.692. The number of non-ortho nitro benzene ring substituents is 1. The van der Waals surface area contributed by atoms with Gasteiger partial charge in [0.25, 0.3) is 5.69 Å². The first-order chi connectivity index (χ1) is 8.16. The highest BCUT2D eigenvalue weighted by Gasteiger charge is 2.09. The van der Waals surface area contributed by atoms with Crippen LogP contribution in [0.2, 0.25) is 0 Å². The largest absolute Gasteiger partial charge is 0.472 e. The highest BCUT2D eigenvalue weighted by molar-refractivity contribution is 9.10. The van der Waals surface area contributed by atoms with Gasteiger partial charge in [0, 0.05) is 28.7 Å². The Morgan fingerprint density at radius 1 is 1.41 bits per heavy atom. The van der Waals surface area contributed by atoms with Gasteiger partial charge in [-0.25, -0.2) is 0 Å². The molecule has 0 radical (unpaired) electrons. The fraction of sp³-hybridized carbons (Fsp3) is 0.0909. The van der Waals surface area contributed by atoms with Gasteiger partial charge in [-0.2, -0.15) is 0 Å². The van der Waals surface area contributed by atoms with Crippen LogP contribution in [0.15, 0.2) is 45.7 Å². The van der Waals surface area contributed by atoms with Crippen molar-refractivity contribution in [1.29, 1.82) is 0 Å². The molecule has 0 saturated heterocycles. The van der Waals surface area contributed by atoms with Gasteiger partial charge in [0.15, 0.2) is 0 Å². The smallest absolute Gasteiger partial charge is 0.271 e. The van der Waals surface area contributed by atoms with E-state index in [9.17, 15) is 10.1 Å². The van der Waals surface area contributed by atoms with Crippen molar-refractivity contribution in [3.05, 3.63) is 56.9 Å². The normalized spacial score (nSPS) is 10.2. The van der Waals surface area contributed by atoms with Crippen LogP contribution >= 0.6 is 15.9 Å². The molecule has 0 aliphatic rings. The van der Waals surface area contributed by atoms with E-state index in [1.54, 1.807) is 18.6 Å². The van der Waals surface area contributed by atoms with Gasteiger partial charge in [0.05, 0.1) is 23.1 Å². The zero-order valence-corrected chi connectivity index (χ0v) is 10.3. The lowest BCUT2D eigenvalue weighted by atomic mass is 10.2. The summed E-state index contributed by atoms with van der Waals surface area (Å²) in [4.78, 5) is 10.2. The monoisotopic (exact) mass is 296 g/mol. The first-order valence-electron chi connectivity index (χ1n) is 4.85. The Morgan fingerprint density at radius 3 is 2.88 bits per heavy atom. The first-order valence-corrected chi connectivity index (χ1v) is 5.65. The molecule has 17 heavy (non-hydrogen) atoms. The first kappa shape index (κ1) is 11.7. The zero-order valence-electron chi connectivity index (χ0n) is 8.72. The highest BCUT2D eigenvalue weighted by atomic mass is 79.9. The Morgan fingerprint density at radius 2 is 2.24 bits per heavy atom. The van der Waals surface area contributed by atoms with E-state index in [4.69, 9.17) is 4.42 Å². The Labute approximate surface area is 106 Å². The number of rotatable bonds is 4. The minimum atomic E-state index is -0.421. The van der Waals surface area contributed by atoms with E-state index in [0.29, 0.717) is 12.2 Å². The average Bonchev–Trinajstić information content (AvgIpc) is 2.80. The number of nitro groups is 1. The molecule has 1 heterocycles. The molecule has 0 atom stereocenters. The fourth-order valence-electron chi connectivity index (χ4n) is 1.35. The molecule has 0 bridgehead atoms. The van der Waals surface area contributed by atoms with E-state index in [0.717, 1.165) is 10.0 Å². The summed E-state index contributed by atoms with van der Waals surface area (Å²) >= 11 is 3.34. The number of hydrogen-bond donors (Lipinski definition) is 1. The van der Waals surface area contributed by atoms with Gasteiger partial charge in [-0.3, -0.25) is 10.1 Å². The predicted octanol–water partition coefficient (Wildman–Crippen LogP) is 3.56. The number of furan rings is 1. The zero-order chi connectivity index (χ0) is 12.3. The lowest BCUT2D eigenvalue weighted by molar-refractivity contribution is -0.384. The molecular weight excluding hydrogens is 288 g/mol. The van der Waals surface area contributed by atoms with Crippen molar-refractivity contribution >= 4 is 27.3 Å². The molecule has 2 rings (SSSR count). The highest BCUT2D eigenvalue weighted by Crippen LogP contribution is 2.27. The number of nitro benzene ring substituents is 1. The van der Waals surface area contributed by atoms with Crippen LogP contribution in [0, 0.1) is 10.1 Å². The van der Waals surface area contributed by atoms with Crippen molar-refractivity contribution in [2.45, 2.75) is 6.54 Å². The fourth-order valence-corrected chi connectivity index (χ4v) is 1.74. The maximum Gasteiger partial charge on any atom is 0.271 e. The van der Waals surface area contributed by atoms with Gasteiger partial charge >= 0.3 is 0 Å². The summed E-state index contributed by atoms with van der Waals surface area (Å²) in [5.41, 5.74) is 1.71. The van der Waals surface area contributed by atoms with Gasteiger partial charge in [-0.1, -0.05) is 0 Å². The van der Waals surface area contributed by atoms with E-state index < -0.39 is 4.92 Å². The molecular formula is C11H9BrN2O3. The number of anilines is 1. The van der Waals surface area contributed by atoms with E-state index >= 15 is 0 Å².